The standard InChI is InChI=1S/C29H31N3O5S/c1-20-31-24-18-23(9-10-25(24)38-20)36-26(33)11-15-32-16-12-29(13-17-32,22-8-5-14-30-19-22)37-28(35)27(34)21-6-3-2-4-7-21/h2-10,14,18-19,26-27,33-34H,11-13,15-17H2,1H3. The molecule has 4 aromatic rings. The Morgan fingerprint density at radius 3 is 2.63 bits per heavy atom. The molecule has 0 aliphatic carbocycles. The molecule has 38 heavy (non-hydrogen) atoms. The first-order chi connectivity index (χ1) is 18.4. The van der Waals surface area contributed by atoms with Crippen LogP contribution in [0, 0.1) is 6.92 Å². The Bertz CT molecular complexity index is 1360. The second-order valence-corrected chi connectivity index (χ2v) is 10.8. The summed E-state index contributed by atoms with van der Waals surface area (Å²) in [6.07, 6.45) is 2.61. The van der Waals surface area contributed by atoms with Crippen LogP contribution >= 0.6 is 11.3 Å². The number of carbonyl (C=O) groups is 1. The Morgan fingerprint density at radius 2 is 1.89 bits per heavy atom. The fourth-order valence-corrected chi connectivity index (χ4v) is 5.65. The second kappa shape index (κ2) is 11.6. The molecule has 0 saturated carbocycles. The number of hydrogen-bond acceptors (Lipinski definition) is 9. The predicted octanol–water partition coefficient (Wildman–Crippen LogP) is 4.36. The molecule has 1 aliphatic heterocycles. The number of hydrogen-bond donors (Lipinski definition) is 2. The summed E-state index contributed by atoms with van der Waals surface area (Å²) >= 11 is 1.63. The highest BCUT2D eigenvalue weighted by Crippen LogP contribution is 2.38. The number of rotatable bonds is 9. The van der Waals surface area contributed by atoms with E-state index in [4.69, 9.17) is 9.47 Å². The van der Waals surface area contributed by atoms with Gasteiger partial charge in [0.25, 0.3) is 0 Å². The third-order valence-corrected chi connectivity index (χ3v) is 7.87. The number of fused-ring (bicyclic) bond motifs is 1. The summed E-state index contributed by atoms with van der Waals surface area (Å²) in [6, 6.07) is 18.2. The molecular formula is C29H31N3O5S. The van der Waals surface area contributed by atoms with Crippen molar-refractivity contribution in [3.05, 3.63) is 89.2 Å². The fraction of sp³-hybridized carbons (Fsp3) is 0.345. The van der Waals surface area contributed by atoms with Gasteiger partial charge in [-0.25, -0.2) is 9.78 Å². The molecule has 2 atom stereocenters. The highest BCUT2D eigenvalue weighted by Gasteiger charge is 2.41. The third-order valence-electron chi connectivity index (χ3n) is 6.92. The molecule has 8 nitrogen and oxygen atoms in total. The lowest BCUT2D eigenvalue weighted by Crippen LogP contribution is -2.46. The van der Waals surface area contributed by atoms with E-state index in [9.17, 15) is 15.0 Å². The van der Waals surface area contributed by atoms with Crippen molar-refractivity contribution in [2.24, 2.45) is 0 Å². The van der Waals surface area contributed by atoms with E-state index in [1.54, 1.807) is 48.0 Å². The van der Waals surface area contributed by atoms with Gasteiger partial charge in [0.2, 0.25) is 0 Å². The fourth-order valence-electron chi connectivity index (χ4n) is 4.84. The van der Waals surface area contributed by atoms with Gasteiger partial charge in [-0.05, 0) is 30.7 Å². The van der Waals surface area contributed by atoms with Crippen molar-refractivity contribution in [1.29, 1.82) is 0 Å². The molecule has 2 aromatic heterocycles. The van der Waals surface area contributed by atoms with Gasteiger partial charge in [0.1, 0.15) is 11.4 Å². The first-order valence-corrected chi connectivity index (χ1v) is 13.5. The molecule has 5 rings (SSSR count). The Labute approximate surface area is 225 Å². The van der Waals surface area contributed by atoms with Crippen molar-refractivity contribution >= 4 is 27.5 Å². The van der Waals surface area contributed by atoms with Crippen LogP contribution in [0.4, 0.5) is 0 Å². The van der Waals surface area contributed by atoms with Gasteiger partial charge in [0.15, 0.2) is 12.4 Å². The molecular weight excluding hydrogens is 502 g/mol. The van der Waals surface area contributed by atoms with Gasteiger partial charge < -0.3 is 24.6 Å². The zero-order chi connectivity index (χ0) is 26.5. The molecule has 0 radical (unpaired) electrons. The first-order valence-electron chi connectivity index (χ1n) is 12.7. The zero-order valence-electron chi connectivity index (χ0n) is 21.2. The number of aliphatic hydroxyl groups excluding tert-OH is 2. The number of carbonyl (C=O) groups excluding carboxylic acids is 1. The van der Waals surface area contributed by atoms with Crippen LogP contribution in [-0.2, 0) is 15.1 Å². The first kappa shape index (κ1) is 26.2. The molecule has 1 saturated heterocycles. The average Bonchev–Trinajstić information content (AvgIpc) is 3.32. The lowest BCUT2D eigenvalue weighted by molar-refractivity contribution is -0.177. The van der Waals surface area contributed by atoms with Gasteiger partial charge in [-0.15, -0.1) is 11.3 Å². The van der Waals surface area contributed by atoms with E-state index in [0.29, 0.717) is 50.2 Å². The molecule has 2 unspecified atom stereocenters. The minimum Gasteiger partial charge on any atom is -0.465 e. The maximum Gasteiger partial charge on any atom is 0.340 e. The lowest BCUT2D eigenvalue weighted by Gasteiger charge is -2.41. The summed E-state index contributed by atoms with van der Waals surface area (Å²) in [5.41, 5.74) is 1.29. The van der Waals surface area contributed by atoms with Crippen molar-refractivity contribution in [3.8, 4) is 5.75 Å². The van der Waals surface area contributed by atoms with Crippen LogP contribution in [0.1, 0.15) is 41.5 Å². The molecule has 3 heterocycles. The van der Waals surface area contributed by atoms with Gasteiger partial charge in [0.05, 0.1) is 15.2 Å². The SMILES string of the molecule is Cc1nc2cc(OC(O)CCN3CCC(OC(=O)C(O)c4ccccc4)(c4cccnc4)CC3)ccc2s1. The molecule has 198 valence electrons. The summed E-state index contributed by atoms with van der Waals surface area (Å²) in [7, 11) is 0. The number of likely N-dealkylation sites (tertiary alicyclic amines) is 1. The van der Waals surface area contributed by atoms with E-state index >= 15 is 0 Å². The Hall–Kier alpha value is -3.37. The summed E-state index contributed by atoms with van der Waals surface area (Å²) in [4.78, 5) is 23.9. The molecule has 0 spiro atoms. The maximum atomic E-state index is 13.0. The number of aryl methyl sites for hydroxylation is 1. The van der Waals surface area contributed by atoms with E-state index in [1.807, 2.05) is 43.3 Å². The van der Waals surface area contributed by atoms with Gasteiger partial charge in [-0.2, -0.15) is 0 Å². The third kappa shape index (κ3) is 6.02. The molecule has 0 bridgehead atoms. The molecule has 9 heteroatoms. The monoisotopic (exact) mass is 533 g/mol. The Kier molecular flexibility index (Phi) is 7.99. The van der Waals surface area contributed by atoms with E-state index in [0.717, 1.165) is 20.8 Å². The molecule has 2 N–H and O–H groups in total. The smallest absolute Gasteiger partial charge is 0.340 e. The number of aliphatic hydroxyl groups is 2. The van der Waals surface area contributed by atoms with Crippen LogP contribution < -0.4 is 4.74 Å². The van der Waals surface area contributed by atoms with Crippen molar-refractivity contribution < 1.29 is 24.5 Å². The van der Waals surface area contributed by atoms with Crippen molar-refractivity contribution in [2.45, 2.75) is 44.2 Å². The average molecular weight is 534 g/mol. The van der Waals surface area contributed by atoms with Crippen LogP contribution in [0.5, 0.6) is 5.75 Å². The van der Waals surface area contributed by atoms with Gasteiger partial charge in [-0.1, -0.05) is 36.4 Å². The number of piperidine rings is 1. The highest BCUT2D eigenvalue weighted by molar-refractivity contribution is 7.18. The van der Waals surface area contributed by atoms with Crippen LogP contribution in [0.3, 0.4) is 0 Å². The van der Waals surface area contributed by atoms with Gasteiger partial charge >= 0.3 is 5.97 Å². The van der Waals surface area contributed by atoms with E-state index < -0.39 is 24.0 Å². The number of benzene rings is 2. The van der Waals surface area contributed by atoms with E-state index in [-0.39, 0.29) is 0 Å². The van der Waals surface area contributed by atoms with Crippen LogP contribution in [0.25, 0.3) is 10.2 Å². The van der Waals surface area contributed by atoms with Crippen LogP contribution in [0.2, 0.25) is 0 Å². The van der Waals surface area contributed by atoms with Crippen LogP contribution in [-0.4, -0.2) is 57.0 Å². The molecule has 0 amide bonds. The zero-order valence-corrected chi connectivity index (χ0v) is 22.0. The Morgan fingerprint density at radius 1 is 1.11 bits per heavy atom. The topological polar surface area (TPSA) is 105 Å². The van der Waals surface area contributed by atoms with Gasteiger partial charge in [-0.3, -0.25) is 4.98 Å². The number of ether oxygens (including phenoxy) is 2. The van der Waals surface area contributed by atoms with Crippen molar-refractivity contribution in [3.63, 3.8) is 0 Å². The summed E-state index contributed by atoms with van der Waals surface area (Å²) in [5.74, 6) is -0.0852. The van der Waals surface area contributed by atoms with Crippen LogP contribution in [0.15, 0.2) is 73.1 Å². The summed E-state index contributed by atoms with van der Waals surface area (Å²) < 4.78 is 12.9. The number of pyridine rings is 1. The van der Waals surface area contributed by atoms with E-state index in [1.165, 1.54) is 0 Å². The summed E-state index contributed by atoms with van der Waals surface area (Å²) in [6.45, 7) is 3.90. The molecule has 1 aliphatic rings. The largest absolute Gasteiger partial charge is 0.465 e. The second-order valence-electron chi connectivity index (χ2n) is 9.54. The lowest BCUT2D eigenvalue weighted by atomic mass is 9.84. The number of aromatic nitrogens is 2. The van der Waals surface area contributed by atoms with Crippen molar-refractivity contribution in [1.82, 2.24) is 14.9 Å². The number of thiazole rings is 1. The minimum absolute atomic E-state index is 0.431. The minimum atomic E-state index is -1.36. The molecule has 2 aromatic carbocycles. The quantitative estimate of drug-likeness (QED) is 0.242. The highest BCUT2D eigenvalue weighted by atomic mass is 32.1. The summed E-state index contributed by atoms with van der Waals surface area (Å²) in [5, 5.41) is 22.1. The number of esters is 1. The predicted molar refractivity (Wildman–Crippen MR) is 145 cm³/mol. The Balaban J connectivity index is 1.19. The molecule has 1 fully saturated rings. The van der Waals surface area contributed by atoms with Crippen molar-refractivity contribution in [2.75, 3.05) is 19.6 Å². The number of nitrogens with zero attached hydrogens (tertiary/aromatic N) is 3. The van der Waals surface area contributed by atoms with Gasteiger partial charge in [0, 0.05) is 62.9 Å². The normalized spacial score (nSPS) is 17.1. The maximum absolute atomic E-state index is 13.0. The van der Waals surface area contributed by atoms with E-state index in [2.05, 4.69) is 14.9 Å².